The van der Waals surface area contributed by atoms with Gasteiger partial charge in [-0.15, -0.1) is 0 Å². The highest BCUT2D eigenvalue weighted by Crippen LogP contribution is 2.45. The zero-order chi connectivity index (χ0) is 21.6. The van der Waals surface area contributed by atoms with Gasteiger partial charge in [-0.2, -0.15) is 0 Å². The van der Waals surface area contributed by atoms with Crippen molar-refractivity contribution >= 4 is 11.8 Å². The largest absolute Gasteiger partial charge is 0.488 e. The zero-order valence-electron chi connectivity index (χ0n) is 18.5. The highest BCUT2D eigenvalue weighted by Gasteiger charge is 2.31. The average Bonchev–Trinajstić information content (AvgIpc) is 3.60. The molecule has 7 nitrogen and oxygen atoms in total. The van der Waals surface area contributed by atoms with Crippen LogP contribution in [0, 0.1) is 5.41 Å². The molecule has 0 aromatic carbocycles. The molecule has 7 heteroatoms. The summed E-state index contributed by atoms with van der Waals surface area (Å²) in [6.07, 6.45) is 8.64. The topological polar surface area (TPSA) is 89.6 Å². The van der Waals surface area contributed by atoms with Crippen LogP contribution in [-0.4, -0.2) is 49.7 Å². The lowest BCUT2D eigenvalue weighted by Crippen LogP contribution is -2.35. The number of amides is 2. The second-order valence-electron chi connectivity index (χ2n) is 8.97. The van der Waals surface area contributed by atoms with E-state index in [1.54, 1.807) is 13.2 Å². The van der Waals surface area contributed by atoms with Crippen LogP contribution in [0.2, 0.25) is 0 Å². The Labute approximate surface area is 179 Å². The van der Waals surface area contributed by atoms with E-state index < -0.39 is 5.41 Å². The number of hydrogen-bond acceptors (Lipinski definition) is 5. The van der Waals surface area contributed by atoms with Gasteiger partial charge < -0.3 is 20.1 Å². The zero-order valence-corrected chi connectivity index (χ0v) is 18.5. The summed E-state index contributed by atoms with van der Waals surface area (Å²) in [5.74, 6) is 0.843. The molecule has 0 radical (unpaired) electrons. The Morgan fingerprint density at radius 2 is 2.07 bits per heavy atom. The van der Waals surface area contributed by atoms with Crippen molar-refractivity contribution in [1.29, 1.82) is 0 Å². The molecule has 1 aliphatic heterocycles. The predicted octanol–water partition coefficient (Wildman–Crippen LogP) is 3.19. The van der Waals surface area contributed by atoms with Crippen LogP contribution in [0.3, 0.4) is 0 Å². The molecular formula is C23H35N3O4. The van der Waals surface area contributed by atoms with Crippen molar-refractivity contribution in [3.63, 3.8) is 0 Å². The van der Waals surface area contributed by atoms with Gasteiger partial charge in [0.1, 0.15) is 6.61 Å². The van der Waals surface area contributed by atoms with E-state index in [-0.39, 0.29) is 17.9 Å². The molecule has 0 spiro atoms. The number of rotatable bonds is 10. The molecule has 1 saturated carbocycles. The highest BCUT2D eigenvalue weighted by atomic mass is 16.5. The molecule has 2 amide bonds. The lowest BCUT2D eigenvalue weighted by Gasteiger charge is -2.24. The first-order chi connectivity index (χ1) is 14.4. The Hall–Kier alpha value is -2.15. The van der Waals surface area contributed by atoms with Gasteiger partial charge in [-0.3, -0.25) is 9.59 Å². The van der Waals surface area contributed by atoms with Gasteiger partial charge in [-0.05, 0) is 56.9 Å². The van der Waals surface area contributed by atoms with Crippen LogP contribution in [0.5, 0.6) is 5.75 Å². The molecule has 1 saturated heterocycles. The lowest BCUT2D eigenvalue weighted by molar-refractivity contribution is -0.129. The standard InChI is InChI=1S/C23H35N3O4/c1-23(2,22(28)24-3)11-6-12-26-21(27)19-20(18(10-13-25-19)16-8-9-16)30-15-17-7-4-5-14-29-17/h10,13,16-17H,4-9,11-12,14-15H2,1-3H3,(H,24,28)(H,26,27)/t17-/m0/s1. The van der Waals surface area contributed by atoms with Crippen LogP contribution in [0.25, 0.3) is 0 Å². The van der Waals surface area contributed by atoms with Crippen molar-refractivity contribution in [2.24, 2.45) is 5.41 Å². The summed E-state index contributed by atoms with van der Waals surface area (Å²) in [5, 5.41) is 5.64. The fourth-order valence-electron chi connectivity index (χ4n) is 3.88. The summed E-state index contributed by atoms with van der Waals surface area (Å²) in [4.78, 5) is 29.1. The van der Waals surface area contributed by atoms with Crippen LogP contribution in [0.4, 0.5) is 0 Å². The number of aromatic nitrogens is 1. The molecule has 0 bridgehead atoms. The number of nitrogens with zero attached hydrogens (tertiary/aromatic N) is 1. The number of hydrogen-bond donors (Lipinski definition) is 2. The Morgan fingerprint density at radius 1 is 1.27 bits per heavy atom. The predicted molar refractivity (Wildman–Crippen MR) is 115 cm³/mol. The molecular weight excluding hydrogens is 382 g/mol. The number of carbonyl (C=O) groups excluding carboxylic acids is 2. The van der Waals surface area contributed by atoms with E-state index in [9.17, 15) is 9.59 Å². The second kappa shape index (κ2) is 10.2. The van der Waals surface area contributed by atoms with Crippen LogP contribution >= 0.6 is 0 Å². The summed E-state index contributed by atoms with van der Waals surface area (Å²) in [6, 6.07) is 1.97. The third kappa shape index (κ3) is 5.94. The van der Waals surface area contributed by atoms with Gasteiger partial charge in [0, 0.05) is 37.4 Å². The van der Waals surface area contributed by atoms with Crippen molar-refractivity contribution in [2.75, 3.05) is 26.8 Å². The SMILES string of the molecule is CNC(=O)C(C)(C)CCCNC(=O)c1nccc(C2CC2)c1OC[C@@H]1CCCCO1. The van der Waals surface area contributed by atoms with Crippen molar-refractivity contribution < 1.29 is 19.1 Å². The number of carbonyl (C=O) groups is 2. The molecule has 1 atom stereocenters. The third-order valence-electron chi connectivity index (χ3n) is 5.96. The van der Waals surface area contributed by atoms with Crippen molar-refractivity contribution in [1.82, 2.24) is 15.6 Å². The summed E-state index contributed by atoms with van der Waals surface area (Å²) in [5.41, 5.74) is 0.963. The monoisotopic (exact) mass is 417 g/mol. The van der Waals surface area contributed by atoms with Crippen molar-refractivity contribution in [3.8, 4) is 5.75 Å². The first kappa shape index (κ1) is 22.5. The van der Waals surface area contributed by atoms with Gasteiger partial charge in [0.05, 0.1) is 6.10 Å². The quantitative estimate of drug-likeness (QED) is 0.571. The first-order valence-corrected chi connectivity index (χ1v) is 11.2. The maximum absolute atomic E-state index is 12.9. The Bertz CT molecular complexity index is 740. The van der Waals surface area contributed by atoms with Gasteiger partial charge in [-0.25, -0.2) is 4.98 Å². The number of pyridine rings is 1. The van der Waals surface area contributed by atoms with Gasteiger partial charge in [0.15, 0.2) is 11.4 Å². The van der Waals surface area contributed by atoms with E-state index >= 15 is 0 Å². The van der Waals surface area contributed by atoms with E-state index in [0.29, 0.717) is 43.4 Å². The maximum atomic E-state index is 12.9. The fourth-order valence-corrected chi connectivity index (χ4v) is 3.88. The van der Waals surface area contributed by atoms with E-state index in [1.165, 1.54) is 0 Å². The van der Waals surface area contributed by atoms with E-state index in [0.717, 1.165) is 44.3 Å². The van der Waals surface area contributed by atoms with Gasteiger partial charge in [0.25, 0.3) is 5.91 Å². The summed E-state index contributed by atoms with van der Waals surface area (Å²) in [6.45, 7) is 5.53. The molecule has 2 aliphatic rings. The molecule has 1 aromatic heterocycles. The fraction of sp³-hybridized carbons (Fsp3) is 0.696. The Balaban J connectivity index is 1.60. The van der Waals surface area contributed by atoms with Crippen LogP contribution in [0.1, 0.15) is 80.8 Å². The average molecular weight is 418 g/mol. The van der Waals surface area contributed by atoms with Crippen LogP contribution in [0.15, 0.2) is 12.3 Å². The van der Waals surface area contributed by atoms with Gasteiger partial charge in [0.2, 0.25) is 5.91 Å². The van der Waals surface area contributed by atoms with E-state index in [2.05, 4.69) is 15.6 Å². The first-order valence-electron chi connectivity index (χ1n) is 11.2. The highest BCUT2D eigenvalue weighted by molar-refractivity contribution is 5.95. The Kier molecular flexibility index (Phi) is 7.69. The molecule has 166 valence electrons. The van der Waals surface area contributed by atoms with E-state index in [4.69, 9.17) is 9.47 Å². The molecule has 2 heterocycles. The minimum absolute atomic E-state index is 0.00763. The van der Waals surface area contributed by atoms with Crippen LogP contribution in [-0.2, 0) is 9.53 Å². The Morgan fingerprint density at radius 3 is 2.73 bits per heavy atom. The molecule has 1 aliphatic carbocycles. The smallest absolute Gasteiger partial charge is 0.273 e. The minimum Gasteiger partial charge on any atom is -0.488 e. The normalized spacial score (nSPS) is 19.2. The second-order valence-corrected chi connectivity index (χ2v) is 8.97. The third-order valence-corrected chi connectivity index (χ3v) is 5.96. The molecule has 1 aromatic rings. The minimum atomic E-state index is -0.460. The summed E-state index contributed by atoms with van der Waals surface area (Å²) >= 11 is 0. The molecule has 2 fully saturated rings. The molecule has 0 unspecified atom stereocenters. The molecule has 3 rings (SSSR count). The van der Waals surface area contributed by atoms with Crippen LogP contribution < -0.4 is 15.4 Å². The molecule has 2 N–H and O–H groups in total. The maximum Gasteiger partial charge on any atom is 0.273 e. The van der Waals surface area contributed by atoms with Gasteiger partial charge in [-0.1, -0.05) is 13.8 Å². The van der Waals surface area contributed by atoms with E-state index in [1.807, 2.05) is 19.9 Å². The molecule has 30 heavy (non-hydrogen) atoms. The lowest BCUT2D eigenvalue weighted by atomic mass is 9.87. The van der Waals surface area contributed by atoms with Gasteiger partial charge >= 0.3 is 0 Å². The number of nitrogens with one attached hydrogen (secondary N) is 2. The van der Waals surface area contributed by atoms with Crippen molar-refractivity contribution in [2.45, 2.75) is 70.8 Å². The van der Waals surface area contributed by atoms with Crippen molar-refractivity contribution in [3.05, 3.63) is 23.5 Å². The summed E-state index contributed by atoms with van der Waals surface area (Å²) < 4.78 is 11.9. The summed E-state index contributed by atoms with van der Waals surface area (Å²) in [7, 11) is 1.64. The number of ether oxygens (including phenoxy) is 2.